The zero-order chi connectivity index (χ0) is 13.5. The molecule has 0 aliphatic heterocycles. The largest absolute Gasteiger partial charge is 0.496 e. The van der Waals surface area contributed by atoms with Crippen molar-refractivity contribution in [1.29, 1.82) is 0 Å². The topological polar surface area (TPSA) is 64.3 Å². The van der Waals surface area contributed by atoms with E-state index in [-0.39, 0.29) is 11.9 Å². The molecule has 3 N–H and O–H groups in total. The maximum absolute atomic E-state index is 12.0. The second-order valence-corrected chi connectivity index (χ2v) is 4.46. The summed E-state index contributed by atoms with van der Waals surface area (Å²) in [6.45, 7) is 4.51. The van der Waals surface area contributed by atoms with Crippen molar-refractivity contribution in [3.8, 4) is 5.75 Å². The summed E-state index contributed by atoms with van der Waals surface area (Å²) in [6.07, 6.45) is 1.93. The molecule has 0 saturated carbocycles. The van der Waals surface area contributed by atoms with Crippen LogP contribution in [0.25, 0.3) is 0 Å². The second-order valence-electron chi connectivity index (χ2n) is 4.46. The molecule has 0 aliphatic rings. The van der Waals surface area contributed by atoms with Crippen LogP contribution in [0.2, 0.25) is 0 Å². The van der Waals surface area contributed by atoms with E-state index in [0.717, 1.165) is 18.4 Å². The van der Waals surface area contributed by atoms with Gasteiger partial charge in [0.05, 0.1) is 12.7 Å². The van der Waals surface area contributed by atoms with Crippen LogP contribution in [0.5, 0.6) is 5.75 Å². The number of amides is 1. The highest BCUT2D eigenvalue weighted by molar-refractivity contribution is 5.97. The van der Waals surface area contributed by atoms with Crippen molar-refractivity contribution in [1.82, 2.24) is 5.32 Å². The van der Waals surface area contributed by atoms with Gasteiger partial charge in [-0.05, 0) is 25.5 Å². The summed E-state index contributed by atoms with van der Waals surface area (Å²) in [6, 6.07) is 5.54. The molecule has 0 aromatic heterocycles. The highest BCUT2D eigenvalue weighted by Gasteiger charge is 2.13. The summed E-state index contributed by atoms with van der Waals surface area (Å²) in [7, 11) is 1.56. The van der Waals surface area contributed by atoms with Crippen molar-refractivity contribution in [2.75, 3.05) is 13.7 Å². The fourth-order valence-corrected chi connectivity index (χ4v) is 1.79. The minimum atomic E-state index is -0.137. The number of nitrogens with two attached hydrogens (primary N) is 1. The molecule has 1 rings (SSSR count). The lowest BCUT2D eigenvalue weighted by molar-refractivity contribution is 0.0947. The third-order valence-electron chi connectivity index (χ3n) is 2.78. The van der Waals surface area contributed by atoms with Crippen LogP contribution in [-0.2, 0) is 0 Å². The Balaban J connectivity index is 2.68. The molecule has 4 heteroatoms. The van der Waals surface area contributed by atoms with Crippen LogP contribution >= 0.6 is 0 Å². The molecule has 1 aromatic carbocycles. The number of nitrogens with one attached hydrogen (secondary N) is 1. The van der Waals surface area contributed by atoms with Crippen LogP contribution in [-0.4, -0.2) is 25.6 Å². The van der Waals surface area contributed by atoms with Gasteiger partial charge < -0.3 is 15.8 Å². The van der Waals surface area contributed by atoms with Gasteiger partial charge in [0.25, 0.3) is 5.91 Å². The summed E-state index contributed by atoms with van der Waals surface area (Å²) >= 11 is 0. The molecule has 1 unspecified atom stereocenters. The van der Waals surface area contributed by atoms with E-state index in [1.165, 1.54) is 0 Å². The Labute approximate surface area is 109 Å². The Kier molecular flexibility index (Phi) is 5.65. The molecule has 0 heterocycles. The molecular formula is C14H22N2O2. The standard InChI is InChI=1S/C14H22N2O2/c1-4-5-11(15)9-16-14(17)12-8-10(2)6-7-13(12)18-3/h6-8,11H,4-5,9,15H2,1-3H3,(H,16,17). The van der Waals surface area contributed by atoms with Gasteiger partial charge in [-0.1, -0.05) is 25.0 Å². The normalized spacial score (nSPS) is 12.0. The molecule has 0 radical (unpaired) electrons. The fourth-order valence-electron chi connectivity index (χ4n) is 1.79. The van der Waals surface area contributed by atoms with Gasteiger partial charge in [-0.25, -0.2) is 0 Å². The van der Waals surface area contributed by atoms with Gasteiger partial charge in [-0.15, -0.1) is 0 Å². The molecule has 1 amide bonds. The monoisotopic (exact) mass is 250 g/mol. The highest BCUT2D eigenvalue weighted by atomic mass is 16.5. The van der Waals surface area contributed by atoms with Gasteiger partial charge in [0.1, 0.15) is 5.75 Å². The van der Waals surface area contributed by atoms with E-state index < -0.39 is 0 Å². The minimum Gasteiger partial charge on any atom is -0.496 e. The van der Waals surface area contributed by atoms with Crippen LogP contribution in [0.15, 0.2) is 18.2 Å². The number of ether oxygens (including phenoxy) is 1. The summed E-state index contributed by atoms with van der Waals surface area (Å²) in [5, 5.41) is 2.84. The number of hydrogen-bond donors (Lipinski definition) is 2. The van der Waals surface area contributed by atoms with Gasteiger partial charge in [0.15, 0.2) is 0 Å². The van der Waals surface area contributed by atoms with Crippen molar-refractivity contribution in [2.45, 2.75) is 32.7 Å². The number of rotatable bonds is 6. The summed E-state index contributed by atoms with van der Waals surface area (Å²) in [5.74, 6) is 0.448. The average molecular weight is 250 g/mol. The SMILES string of the molecule is CCCC(N)CNC(=O)c1cc(C)ccc1OC. The lowest BCUT2D eigenvalue weighted by Gasteiger charge is -2.13. The molecule has 0 aliphatic carbocycles. The molecule has 0 bridgehead atoms. The van der Waals surface area contributed by atoms with E-state index in [2.05, 4.69) is 12.2 Å². The van der Waals surface area contributed by atoms with Crippen molar-refractivity contribution in [3.05, 3.63) is 29.3 Å². The molecule has 0 saturated heterocycles. The predicted octanol–water partition coefficient (Wildman–Crippen LogP) is 1.86. The number of hydrogen-bond acceptors (Lipinski definition) is 3. The highest BCUT2D eigenvalue weighted by Crippen LogP contribution is 2.19. The van der Waals surface area contributed by atoms with E-state index in [9.17, 15) is 4.79 Å². The summed E-state index contributed by atoms with van der Waals surface area (Å²) in [4.78, 5) is 12.0. The van der Waals surface area contributed by atoms with Gasteiger partial charge in [-0.2, -0.15) is 0 Å². The zero-order valence-corrected chi connectivity index (χ0v) is 11.3. The molecule has 100 valence electrons. The van der Waals surface area contributed by atoms with Gasteiger partial charge in [0, 0.05) is 12.6 Å². The summed E-state index contributed by atoms with van der Waals surface area (Å²) < 4.78 is 5.18. The lowest BCUT2D eigenvalue weighted by atomic mass is 10.1. The Bertz CT molecular complexity index is 405. The van der Waals surface area contributed by atoms with Crippen LogP contribution in [0.4, 0.5) is 0 Å². The van der Waals surface area contributed by atoms with Gasteiger partial charge >= 0.3 is 0 Å². The first-order valence-electron chi connectivity index (χ1n) is 6.27. The average Bonchev–Trinajstić information content (AvgIpc) is 2.36. The predicted molar refractivity (Wildman–Crippen MR) is 72.9 cm³/mol. The number of aryl methyl sites for hydroxylation is 1. The van der Waals surface area contributed by atoms with E-state index in [0.29, 0.717) is 17.9 Å². The zero-order valence-electron chi connectivity index (χ0n) is 11.3. The molecule has 1 atom stereocenters. The Morgan fingerprint density at radius 2 is 2.22 bits per heavy atom. The number of carbonyl (C=O) groups excluding carboxylic acids is 1. The van der Waals surface area contributed by atoms with E-state index in [4.69, 9.17) is 10.5 Å². The molecule has 18 heavy (non-hydrogen) atoms. The van der Waals surface area contributed by atoms with Crippen LogP contribution < -0.4 is 15.8 Å². The first kappa shape index (κ1) is 14.5. The van der Waals surface area contributed by atoms with Crippen molar-refractivity contribution in [2.24, 2.45) is 5.73 Å². The Morgan fingerprint density at radius 3 is 2.83 bits per heavy atom. The first-order valence-corrected chi connectivity index (χ1v) is 6.27. The van der Waals surface area contributed by atoms with E-state index in [1.807, 2.05) is 19.1 Å². The van der Waals surface area contributed by atoms with Crippen LogP contribution in [0, 0.1) is 6.92 Å². The van der Waals surface area contributed by atoms with Crippen LogP contribution in [0.3, 0.4) is 0 Å². The fraction of sp³-hybridized carbons (Fsp3) is 0.500. The van der Waals surface area contributed by atoms with Crippen molar-refractivity contribution in [3.63, 3.8) is 0 Å². The molecule has 4 nitrogen and oxygen atoms in total. The quantitative estimate of drug-likeness (QED) is 0.810. The molecule has 0 spiro atoms. The number of carbonyl (C=O) groups is 1. The van der Waals surface area contributed by atoms with E-state index >= 15 is 0 Å². The van der Waals surface area contributed by atoms with Gasteiger partial charge in [-0.3, -0.25) is 4.79 Å². The minimum absolute atomic E-state index is 0.00903. The van der Waals surface area contributed by atoms with Crippen LogP contribution in [0.1, 0.15) is 35.7 Å². The Morgan fingerprint density at radius 1 is 1.50 bits per heavy atom. The molecule has 0 fully saturated rings. The smallest absolute Gasteiger partial charge is 0.255 e. The Hall–Kier alpha value is -1.55. The third-order valence-corrected chi connectivity index (χ3v) is 2.78. The van der Waals surface area contributed by atoms with E-state index in [1.54, 1.807) is 13.2 Å². The van der Waals surface area contributed by atoms with Crippen molar-refractivity contribution < 1.29 is 9.53 Å². The molecule has 1 aromatic rings. The molecular weight excluding hydrogens is 228 g/mol. The maximum Gasteiger partial charge on any atom is 0.255 e. The van der Waals surface area contributed by atoms with Crippen molar-refractivity contribution >= 4 is 5.91 Å². The second kappa shape index (κ2) is 7.01. The van der Waals surface area contributed by atoms with Gasteiger partial charge in [0.2, 0.25) is 0 Å². The number of methoxy groups -OCH3 is 1. The maximum atomic E-state index is 12.0. The number of benzene rings is 1. The lowest BCUT2D eigenvalue weighted by Crippen LogP contribution is -2.37. The third kappa shape index (κ3) is 4.04. The first-order chi connectivity index (χ1) is 8.58. The summed E-state index contributed by atoms with van der Waals surface area (Å²) in [5.41, 5.74) is 7.45.